The molecule has 2 aromatic rings. The van der Waals surface area contributed by atoms with Gasteiger partial charge in [-0.1, -0.05) is 0 Å². The molecule has 2 unspecified atom stereocenters. The van der Waals surface area contributed by atoms with Gasteiger partial charge in [-0.05, 0) is 68.1 Å². The first-order valence-corrected chi connectivity index (χ1v) is 14.3. The van der Waals surface area contributed by atoms with Gasteiger partial charge in [0, 0.05) is 43.5 Å². The van der Waals surface area contributed by atoms with Crippen LogP contribution in [0.15, 0.2) is 16.6 Å². The van der Waals surface area contributed by atoms with Gasteiger partial charge in [0.15, 0.2) is 5.82 Å². The van der Waals surface area contributed by atoms with E-state index in [1.807, 2.05) is 26.8 Å². The van der Waals surface area contributed by atoms with Crippen molar-refractivity contribution in [3.05, 3.63) is 22.4 Å². The molecule has 0 radical (unpaired) electrons. The van der Waals surface area contributed by atoms with E-state index in [2.05, 4.69) is 30.7 Å². The highest BCUT2D eigenvalue weighted by Gasteiger charge is 2.49. The summed E-state index contributed by atoms with van der Waals surface area (Å²) in [6.45, 7) is 11.6. The van der Waals surface area contributed by atoms with Gasteiger partial charge in [0.05, 0.1) is 36.4 Å². The Morgan fingerprint density at radius 2 is 1.89 bits per heavy atom. The first-order valence-electron chi connectivity index (χ1n) is 13.5. The summed E-state index contributed by atoms with van der Waals surface area (Å²) in [6.07, 6.45) is 2.85. The number of carbonyl (C=O) groups is 1. The molecule has 1 amide bonds. The number of fused-ring (bicyclic) bond motifs is 3. The van der Waals surface area contributed by atoms with Crippen molar-refractivity contribution < 1.29 is 23.4 Å². The number of ether oxygens (including phenoxy) is 3. The summed E-state index contributed by atoms with van der Waals surface area (Å²) >= 11 is 3.30. The van der Waals surface area contributed by atoms with Gasteiger partial charge in [-0.3, -0.25) is 4.90 Å². The number of piperazine rings is 1. The van der Waals surface area contributed by atoms with Gasteiger partial charge in [-0.2, -0.15) is 9.97 Å². The number of carbonyl (C=O) groups excluding carboxylic acids is 1. The van der Waals surface area contributed by atoms with Crippen molar-refractivity contribution in [1.29, 1.82) is 0 Å². The largest absolute Gasteiger partial charge is 0.463 e. The van der Waals surface area contributed by atoms with Gasteiger partial charge in [0.25, 0.3) is 0 Å². The van der Waals surface area contributed by atoms with E-state index in [4.69, 9.17) is 19.2 Å². The number of piperidine rings is 1. The van der Waals surface area contributed by atoms with Crippen LogP contribution in [0, 0.1) is 11.2 Å². The topological polar surface area (TPSA) is 80.3 Å². The molecule has 5 aliphatic rings. The Labute approximate surface area is 230 Å². The molecule has 0 spiro atoms. The molecule has 4 aliphatic heterocycles. The van der Waals surface area contributed by atoms with E-state index in [9.17, 15) is 4.79 Å². The number of amides is 1. The fourth-order valence-corrected chi connectivity index (χ4v) is 6.09. The Morgan fingerprint density at radius 1 is 1.18 bits per heavy atom. The van der Waals surface area contributed by atoms with Crippen molar-refractivity contribution in [2.24, 2.45) is 5.41 Å². The lowest BCUT2D eigenvalue weighted by Gasteiger charge is -2.56. The van der Waals surface area contributed by atoms with E-state index in [1.54, 1.807) is 11.0 Å². The van der Waals surface area contributed by atoms with E-state index < -0.39 is 11.4 Å². The highest BCUT2D eigenvalue weighted by atomic mass is 79.9. The molecule has 11 heteroatoms. The minimum atomic E-state index is -0.543. The van der Waals surface area contributed by atoms with Crippen LogP contribution in [0.1, 0.15) is 40.0 Å². The second-order valence-electron chi connectivity index (χ2n) is 12.1. The van der Waals surface area contributed by atoms with Crippen LogP contribution in [0.2, 0.25) is 0 Å². The van der Waals surface area contributed by atoms with Crippen LogP contribution in [0.4, 0.5) is 15.0 Å². The summed E-state index contributed by atoms with van der Waals surface area (Å²) in [5.41, 5.74) is -0.210. The van der Waals surface area contributed by atoms with Crippen LogP contribution in [0.5, 0.6) is 6.01 Å². The van der Waals surface area contributed by atoms with Gasteiger partial charge in [-0.15, -0.1) is 0 Å². The number of nitrogens with zero attached hydrogens (tertiary/aromatic N) is 5. The lowest BCUT2D eigenvalue weighted by Crippen LogP contribution is -2.70. The van der Waals surface area contributed by atoms with Crippen LogP contribution >= 0.6 is 15.9 Å². The predicted molar refractivity (Wildman–Crippen MR) is 144 cm³/mol. The number of rotatable bonds is 6. The lowest BCUT2D eigenvalue weighted by atomic mass is 9.87. The van der Waals surface area contributed by atoms with Gasteiger partial charge in [0.2, 0.25) is 0 Å². The highest BCUT2D eigenvalue weighted by Crippen LogP contribution is 2.47. The van der Waals surface area contributed by atoms with E-state index in [0.717, 1.165) is 52.1 Å². The molecule has 1 saturated carbocycles. The molecule has 2 atom stereocenters. The molecule has 7 rings (SSSR count). The fourth-order valence-electron chi connectivity index (χ4n) is 5.77. The zero-order valence-corrected chi connectivity index (χ0v) is 23.8. The summed E-state index contributed by atoms with van der Waals surface area (Å²) in [5.74, 6) is 0.242. The minimum Gasteiger partial charge on any atom is -0.463 e. The Kier molecular flexibility index (Phi) is 6.67. The third-order valence-electron chi connectivity index (χ3n) is 7.94. The quantitative estimate of drug-likeness (QED) is 0.494. The lowest BCUT2D eigenvalue weighted by molar-refractivity contribution is 0.00844. The molecular weight excluding hydrogens is 557 g/mol. The number of hydrogen-bond donors (Lipinski definition) is 0. The molecule has 38 heavy (non-hydrogen) atoms. The summed E-state index contributed by atoms with van der Waals surface area (Å²) in [4.78, 5) is 28.4. The Bertz CT molecular complexity index is 1220. The zero-order chi connectivity index (χ0) is 26.7. The second-order valence-corrected chi connectivity index (χ2v) is 13.0. The van der Waals surface area contributed by atoms with Gasteiger partial charge in [-0.25, -0.2) is 9.18 Å². The molecule has 5 heterocycles. The molecule has 2 bridgehead atoms. The molecule has 4 saturated heterocycles. The number of hydrogen-bond acceptors (Lipinski definition) is 8. The Hall–Kier alpha value is -2.24. The highest BCUT2D eigenvalue weighted by molar-refractivity contribution is 9.10. The maximum absolute atomic E-state index is 15.3. The van der Waals surface area contributed by atoms with Crippen molar-refractivity contribution in [2.75, 3.05) is 57.4 Å². The molecular formula is C27H35BrFN5O4. The summed E-state index contributed by atoms with van der Waals surface area (Å²) in [6, 6.07) is 3.90. The Balaban J connectivity index is 1.22. The van der Waals surface area contributed by atoms with E-state index in [-0.39, 0.29) is 35.1 Å². The van der Waals surface area contributed by atoms with Gasteiger partial charge in [0.1, 0.15) is 16.9 Å². The van der Waals surface area contributed by atoms with Crippen molar-refractivity contribution >= 4 is 38.7 Å². The van der Waals surface area contributed by atoms with Crippen LogP contribution in [-0.4, -0.2) is 96.1 Å². The molecule has 0 N–H and O–H groups in total. The third-order valence-corrected chi connectivity index (χ3v) is 8.55. The van der Waals surface area contributed by atoms with E-state index in [0.29, 0.717) is 35.4 Å². The molecule has 5 fully saturated rings. The van der Waals surface area contributed by atoms with Gasteiger partial charge < -0.3 is 24.0 Å². The van der Waals surface area contributed by atoms with E-state index >= 15 is 4.39 Å². The first kappa shape index (κ1) is 26.0. The maximum Gasteiger partial charge on any atom is 0.410 e. The predicted octanol–water partition coefficient (Wildman–Crippen LogP) is 4.22. The number of halogens is 2. The summed E-state index contributed by atoms with van der Waals surface area (Å²) in [5, 5.41) is 0.646. The van der Waals surface area contributed by atoms with Crippen LogP contribution in [0.25, 0.3) is 10.9 Å². The third kappa shape index (κ3) is 5.16. The first-order chi connectivity index (χ1) is 18.1. The number of anilines is 1. The molecule has 1 aromatic heterocycles. The standard InChI is InChI=1S/C27H35BrFN5O4/c1-26(2,3)38-25(35)33-13-17-12-18(14-33)34(17)23-19-4-5-20(28)21(29)22(19)30-24(31-23)37-16-27(6-7-27)15-32-8-10-36-11-9-32/h4-5,17-18H,6-16H2,1-3H3. The van der Waals surface area contributed by atoms with Crippen molar-refractivity contribution in [3.63, 3.8) is 0 Å². The summed E-state index contributed by atoms with van der Waals surface area (Å²) < 4.78 is 32.9. The van der Waals surface area contributed by atoms with Crippen molar-refractivity contribution in [1.82, 2.24) is 19.8 Å². The average molecular weight is 593 g/mol. The SMILES string of the molecule is CC(C)(C)OC(=O)N1CC2CC(C1)N2c1nc(OCC2(CN3CCOCC3)CC2)nc2c(F)c(Br)ccc12. The van der Waals surface area contributed by atoms with Crippen LogP contribution < -0.4 is 9.64 Å². The monoisotopic (exact) mass is 591 g/mol. The van der Waals surface area contributed by atoms with Crippen molar-refractivity contribution in [2.45, 2.75) is 57.7 Å². The van der Waals surface area contributed by atoms with Crippen LogP contribution in [0.3, 0.4) is 0 Å². The zero-order valence-electron chi connectivity index (χ0n) is 22.2. The minimum absolute atomic E-state index is 0.0787. The fraction of sp³-hybridized carbons (Fsp3) is 0.667. The smallest absolute Gasteiger partial charge is 0.410 e. The van der Waals surface area contributed by atoms with E-state index in [1.165, 1.54) is 0 Å². The number of benzene rings is 1. The summed E-state index contributed by atoms with van der Waals surface area (Å²) in [7, 11) is 0. The van der Waals surface area contributed by atoms with Gasteiger partial charge >= 0.3 is 12.1 Å². The van der Waals surface area contributed by atoms with Crippen molar-refractivity contribution in [3.8, 4) is 6.01 Å². The Morgan fingerprint density at radius 3 is 2.55 bits per heavy atom. The molecule has 9 nitrogen and oxygen atoms in total. The maximum atomic E-state index is 15.3. The second kappa shape index (κ2) is 9.75. The molecule has 206 valence electrons. The molecule has 1 aliphatic carbocycles. The van der Waals surface area contributed by atoms with Crippen LogP contribution in [-0.2, 0) is 9.47 Å². The molecule has 1 aromatic carbocycles. The normalized spacial score (nSPS) is 24.8. The number of aromatic nitrogens is 2. The number of morpholine rings is 1. The average Bonchev–Trinajstić information content (AvgIpc) is 3.64.